The Morgan fingerprint density at radius 2 is 2.11 bits per heavy atom. The van der Waals surface area contributed by atoms with Crippen LogP contribution in [0, 0.1) is 5.92 Å². The van der Waals surface area contributed by atoms with Crippen LogP contribution in [0.4, 0.5) is 0 Å². The van der Waals surface area contributed by atoms with Crippen molar-refractivity contribution in [3.05, 3.63) is 35.0 Å². The van der Waals surface area contributed by atoms with Gasteiger partial charge < -0.3 is 10.7 Å². The summed E-state index contributed by atoms with van der Waals surface area (Å²) in [6.45, 7) is 0.726. The summed E-state index contributed by atoms with van der Waals surface area (Å²) < 4.78 is 0. The molecule has 96 valence electrons. The molecule has 0 radical (unpaired) electrons. The first kappa shape index (κ1) is 12.1. The lowest BCUT2D eigenvalue weighted by molar-refractivity contribution is 0.442. The van der Waals surface area contributed by atoms with Gasteiger partial charge in [0.25, 0.3) is 0 Å². The van der Waals surface area contributed by atoms with Crippen molar-refractivity contribution in [2.24, 2.45) is 11.7 Å². The minimum Gasteiger partial charge on any atom is -0.361 e. The van der Waals surface area contributed by atoms with Crippen LogP contribution in [0.5, 0.6) is 0 Å². The van der Waals surface area contributed by atoms with Gasteiger partial charge in [0.1, 0.15) is 0 Å². The van der Waals surface area contributed by atoms with Crippen LogP contribution in [0.1, 0.15) is 37.2 Å². The number of H-pyrrole nitrogens is 1. The quantitative estimate of drug-likeness (QED) is 0.861. The second-order valence-corrected chi connectivity index (χ2v) is 5.76. The van der Waals surface area contributed by atoms with Crippen molar-refractivity contribution < 1.29 is 0 Å². The van der Waals surface area contributed by atoms with Crippen LogP contribution >= 0.6 is 11.6 Å². The third-order valence-corrected chi connectivity index (χ3v) is 4.53. The van der Waals surface area contributed by atoms with E-state index in [1.54, 1.807) is 0 Å². The summed E-state index contributed by atoms with van der Waals surface area (Å²) in [5.41, 5.74) is 8.53. The molecule has 1 aromatic carbocycles. The van der Waals surface area contributed by atoms with Gasteiger partial charge in [0.2, 0.25) is 0 Å². The van der Waals surface area contributed by atoms with Crippen LogP contribution in [0.15, 0.2) is 24.4 Å². The Morgan fingerprint density at radius 1 is 1.33 bits per heavy atom. The van der Waals surface area contributed by atoms with Crippen molar-refractivity contribution in [1.29, 1.82) is 0 Å². The zero-order valence-corrected chi connectivity index (χ0v) is 11.2. The fraction of sp³-hybridized carbons (Fsp3) is 0.467. The van der Waals surface area contributed by atoms with Crippen LogP contribution < -0.4 is 5.73 Å². The Labute approximate surface area is 113 Å². The van der Waals surface area contributed by atoms with Gasteiger partial charge in [-0.15, -0.1) is 0 Å². The van der Waals surface area contributed by atoms with E-state index in [-0.39, 0.29) is 0 Å². The van der Waals surface area contributed by atoms with Crippen LogP contribution in [0.2, 0.25) is 5.02 Å². The number of benzene rings is 1. The largest absolute Gasteiger partial charge is 0.361 e. The Kier molecular flexibility index (Phi) is 3.31. The predicted molar refractivity (Wildman–Crippen MR) is 77.1 cm³/mol. The third-order valence-electron chi connectivity index (χ3n) is 4.30. The molecule has 1 atom stereocenters. The molecule has 1 aromatic heterocycles. The van der Waals surface area contributed by atoms with E-state index in [0.717, 1.165) is 23.0 Å². The number of aromatic nitrogens is 1. The molecule has 3 N–H and O–H groups in total. The molecule has 3 heteroatoms. The van der Waals surface area contributed by atoms with Crippen molar-refractivity contribution >= 4 is 22.5 Å². The van der Waals surface area contributed by atoms with Gasteiger partial charge >= 0.3 is 0 Å². The molecule has 2 aromatic rings. The number of hydrogen-bond acceptors (Lipinski definition) is 1. The zero-order chi connectivity index (χ0) is 12.5. The van der Waals surface area contributed by atoms with Crippen LogP contribution in [-0.4, -0.2) is 11.5 Å². The van der Waals surface area contributed by atoms with E-state index in [0.29, 0.717) is 5.92 Å². The number of hydrogen-bond donors (Lipinski definition) is 2. The number of aromatic amines is 1. The maximum atomic E-state index is 6.11. The lowest BCUT2D eigenvalue weighted by Gasteiger charge is -2.21. The smallest absolute Gasteiger partial charge is 0.0457 e. The summed E-state index contributed by atoms with van der Waals surface area (Å²) in [4.78, 5) is 3.34. The van der Waals surface area contributed by atoms with Gasteiger partial charge in [-0.25, -0.2) is 0 Å². The molecule has 3 rings (SSSR count). The molecular weight excluding hydrogens is 244 g/mol. The average molecular weight is 263 g/mol. The second kappa shape index (κ2) is 4.94. The molecule has 18 heavy (non-hydrogen) atoms. The third kappa shape index (κ3) is 2.04. The van der Waals surface area contributed by atoms with E-state index >= 15 is 0 Å². The zero-order valence-electron chi connectivity index (χ0n) is 10.5. The van der Waals surface area contributed by atoms with Crippen LogP contribution in [0.3, 0.4) is 0 Å². The van der Waals surface area contributed by atoms with Crippen molar-refractivity contribution in [3.8, 4) is 0 Å². The van der Waals surface area contributed by atoms with E-state index < -0.39 is 0 Å². The maximum absolute atomic E-state index is 6.11. The topological polar surface area (TPSA) is 41.8 Å². The molecule has 1 aliphatic carbocycles. The van der Waals surface area contributed by atoms with Crippen molar-refractivity contribution in [2.75, 3.05) is 6.54 Å². The van der Waals surface area contributed by atoms with Gasteiger partial charge in [-0.1, -0.05) is 24.4 Å². The molecule has 1 fully saturated rings. The maximum Gasteiger partial charge on any atom is 0.0457 e. The summed E-state index contributed by atoms with van der Waals surface area (Å²) in [5.74, 6) is 1.22. The minimum atomic E-state index is 0.472. The molecule has 1 unspecified atom stereocenters. The Bertz CT molecular complexity index is 540. The summed E-state index contributed by atoms with van der Waals surface area (Å²) in [7, 11) is 0. The lowest BCUT2D eigenvalue weighted by atomic mass is 9.85. The number of nitrogens with one attached hydrogen (secondary N) is 1. The first-order valence-corrected chi connectivity index (χ1v) is 7.14. The van der Waals surface area contributed by atoms with Crippen LogP contribution in [0.25, 0.3) is 10.9 Å². The summed E-state index contributed by atoms with van der Waals surface area (Å²) >= 11 is 6.11. The molecular formula is C15H19ClN2. The summed E-state index contributed by atoms with van der Waals surface area (Å²) in [6.07, 6.45) is 7.45. The SMILES string of the molecule is NCC(c1c[nH]c2ccc(Cl)cc12)C1CCCC1. The molecule has 0 saturated heterocycles. The lowest BCUT2D eigenvalue weighted by Crippen LogP contribution is -2.19. The molecule has 0 bridgehead atoms. The minimum absolute atomic E-state index is 0.472. The Balaban J connectivity index is 2.03. The molecule has 2 nitrogen and oxygen atoms in total. The first-order valence-electron chi connectivity index (χ1n) is 6.76. The van der Waals surface area contributed by atoms with Crippen molar-refractivity contribution in [2.45, 2.75) is 31.6 Å². The number of fused-ring (bicyclic) bond motifs is 1. The highest BCUT2D eigenvalue weighted by Crippen LogP contribution is 2.39. The van der Waals surface area contributed by atoms with E-state index in [9.17, 15) is 0 Å². The fourth-order valence-electron chi connectivity index (χ4n) is 3.35. The fourth-order valence-corrected chi connectivity index (χ4v) is 3.53. The highest BCUT2D eigenvalue weighted by atomic mass is 35.5. The van der Waals surface area contributed by atoms with Gasteiger partial charge in [-0.3, -0.25) is 0 Å². The Morgan fingerprint density at radius 3 is 2.83 bits per heavy atom. The highest BCUT2D eigenvalue weighted by Gasteiger charge is 2.27. The van der Waals surface area contributed by atoms with Gasteiger partial charge in [-0.2, -0.15) is 0 Å². The van der Waals surface area contributed by atoms with Gasteiger partial charge in [0.05, 0.1) is 0 Å². The number of nitrogens with two attached hydrogens (primary N) is 1. The van der Waals surface area contributed by atoms with Gasteiger partial charge in [0.15, 0.2) is 0 Å². The normalized spacial score (nSPS) is 18.6. The molecule has 0 spiro atoms. The van der Waals surface area contributed by atoms with Crippen molar-refractivity contribution in [3.63, 3.8) is 0 Å². The number of halogens is 1. The molecule has 0 amide bonds. The average Bonchev–Trinajstić information content (AvgIpc) is 3.01. The van der Waals surface area contributed by atoms with Crippen LogP contribution in [-0.2, 0) is 0 Å². The summed E-state index contributed by atoms with van der Waals surface area (Å²) in [5, 5.41) is 2.04. The van der Waals surface area contributed by atoms with E-state index in [2.05, 4.69) is 17.2 Å². The molecule has 1 aliphatic rings. The number of rotatable bonds is 3. The predicted octanol–water partition coefficient (Wildman–Crippen LogP) is 4.05. The molecule has 1 saturated carbocycles. The Hall–Kier alpha value is -0.990. The second-order valence-electron chi connectivity index (χ2n) is 5.32. The molecule has 0 aliphatic heterocycles. The van der Waals surface area contributed by atoms with E-state index in [1.165, 1.54) is 36.6 Å². The monoisotopic (exact) mass is 262 g/mol. The van der Waals surface area contributed by atoms with E-state index in [1.807, 2.05) is 12.1 Å². The highest BCUT2D eigenvalue weighted by molar-refractivity contribution is 6.31. The van der Waals surface area contributed by atoms with Gasteiger partial charge in [-0.05, 0) is 49.1 Å². The van der Waals surface area contributed by atoms with Crippen molar-refractivity contribution in [1.82, 2.24) is 4.98 Å². The van der Waals surface area contributed by atoms with Gasteiger partial charge in [0, 0.05) is 28.0 Å². The summed E-state index contributed by atoms with van der Waals surface area (Å²) in [6, 6.07) is 6.03. The van der Waals surface area contributed by atoms with E-state index in [4.69, 9.17) is 17.3 Å². The first-order chi connectivity index (χ1) is 8.79. The molecule has 1 heterocycles. The standard InChI is InChI=1S/C15H19ClN2/c16-11-5-6-15-12(7-11)14(9-18-15)13(8-17)10-3-1-2-4-10/h5-7,9-10,13,18H,1-4,8,17H2.